The van der Waals surface area contributed by atoms with Gasteiger partial charge in [0.15, 0.2) is 0 Å². The highest BCUT2D eigenvalue weighted by Gasteiger charge is 2.26. The normalized spacial score (nSPS) is 18.1. The highest BCUT2D eigenvalue weighted by atomic mass is 16.5. The number of aryl methyl sites for hydroxylation is 2. The molecule has 41 heavy (non-hydrogen) atoms. The minimum absolute atomic E-state index is 0.228. The molecule has 5 aromatic rings. The molecule has 2 aromatic carbocycles. The van der Waals surface area contributed by atoms with Crippen molar-refractivity contribution in [2.45, 2.75) is 57.2 Å². The molecular formula is C34H35N5O2. The van der Waals surface area contributed by atoms with Gasteiger partial charge in [-0.1, -0.05) is 30.3 Å². The van der Waals surface area contributed by atoms with E-state index in [0.717, 1.165) is 99.4 Å². The summed E-state index contributed by atoms with van der Waals surface area (Å²) in [6.07, 6.45) is 8.07. The average Bonchev–Trinajstić information content (AvgIpc) is 3.34. The van der Waals surface area contributed by atoms with Gasteiger partial charge in [-0.2, -0.15) is 0 Å². The number of carbonyl (C=O) groups is 1. The molecule has 208 valence electrons. The summed E-state index contributed by atoms with van der Waals surface area (Å²) in [5, 5.41) is 2.47. The van der Waals surface area contributed by atoms with Crippen LogP contribution in [0.1, 0.15) is 58.4 Å². The lowest BCUT2D eigenvalue weighted by molar-refractivity contribution is -0.0592. The van der Waals surface area contributed by atoms with Gasteiger partial charge in [0, 0.05) is 46.8 Å². The Morgan fingerprint density at radius 2 is 1.80 bits per heavy atom. The van der Waals surface area contributed by atoms with Crippen molar-refractivity contribution in [3.05, 3.63) is 101 Å². The molecule has 7 rings (SSSR count). The summed E-state index contributed by atoms with van der Waals surface area (Å²) in [5.74, 6) is 1.53. The van der Waals surface area contributed by atoms with Gasteiger partial charge in [0.25, 0.3) is 0 Å². The second-order valence-electron chi connectivity index (χ2n) is 11.4. The number of imidazole rings is 1. The largest absolute Gasteiger partial charge is 0.376 e. The standard InChI is InChI=1S/C34H35N5O2/c40-23-24-8-10-32-33(20-24)39(21-28-15-19-41-28)34(37-32)22-38-17-13-26(14-18-38)30-7-3-5-27(36-30)9-11-31-29-6-2-1-4-25(29)12-16-35-31/h1-8,10,12,16,20,23,26,28H,9,11,13-15,17-19,21-22H2. The maximum atomic E-state index is 11.4. The molecule has 0 N–H and O–H groups in total. The van der Waals surface area contributed by atoms with Gasteiger partial charge in [0.2, 0.25) is 0 Å². The molecule has 1 unspecified atom stereocenters. The van der Waals surface area contributed by atoms with Gasteiger partial charge >= 0.3 is 0 Å². The zero-order valence-electron chi connectivity index (χ0n) is 23.3. The Labute approximate surface area is 240 Å². The van der Waals surface area contributed by atoms with Crippen LogP contribution in [0.15, 0.2) is 72.9 Å². The zero-order valence-corrected chi connectivity index (χ0v) is 23.3. The van der Waals surface area contributed by atoms with Crippen LogP contribution < -0.4 is 0 Å². The van der Waals surface area contributed by atoms with Crippen LogP contribution in [0.5, 0.6) is 0 Å². The predicted octanol–water partition coefficient (Wildman–Crippen LogP) is 5.75. The quantitative estimate of drug-likeness (QED) is 0.220. The molecule has 0 spiro atoms. The van der Waals surface area contributed by atoms with Crippen molar-refractivity contribution in [1.29, 1.82) is 0 Å². The first-order valence-electron chi connectivity index (χ1n) is 14.8. The second-order valence-corrected chi connectivity index (χ2v) is 11.4. The summed E-state index contributed by atoms with van der Waals surface area (Å²) in [5.41, 5.74) is 6.14. The minimum atomic E-state index is 0.228. The number of benzene rings is 2. The summed E-state index contributed by atoms with van der Waals surface area (Å²) >= 11 is 0. The topological polar surface area (TPSA) is 73.1 Å². The van der Waals surface area contributed by atoms with E-state index in [0.29, 0.717) is 11.5 Å². The third kappa shape index (κ3) is 5.52. The first kappa shape index (κ1) is 26.0. The molecule has 2 aliphatic heterocycles. The molecule has 0 radical (unpaired) electrons. The SMILES string of the molecule is O=Cc1ccc2nc(CN3CCC(c4cccc(CCc5nccc6ccccc56)n4)CC3)n(CC3CCO3)c2c1. The second kappa shape index (κ2) is 11.5. The average molecular weight is 546 g/mol. The van der Waals surface area contributed by atoms with E-state index >= 15 is 0 Å². The van der Waals surface area contributed by atoms with E-state index in [4.69, 9.17) is 14.7 Å². The molecule has 3 aromatic heterocycles. The number of likely N-dealkylation sites (tertiary alicyclic amines) is 1. The molecule has 0 aliphatic carbocycles. The van der Waals surface area contributed by atoms with Crippen LogP contribution in [0.2, 0.25) is 0 Å². The maximum Gasteiger partial charge on any atom is 0.150 e. The van der Waals surface area contributed by atoms with E-state index in [1.807, 2.05) is 24.4 Å². The Morgan fingerprint density at radius 3 is 2.63 bits per heavy atom. The van der Waals surface area contributed by atoms with Crippen LogP contribution in [-0.2, 0) is 30.7 Å². The number of hydrogen-bond donors (Lipinski definition) is 0. The first-order valence-corrected chi connectivity index (χ1v) is 14.8. The van der Waals surface area contributed by atoms with Gasteiger partial charge in [0.1, 0.15) is 12.1 Å². The lowest BCUT2D eigenvalue weighted by atomic mass is 9.92. The zero-order chi connectivity index (χ0) is 27.6. The molecule has 0 amide bonds. The van der Waals surface area contributed by atoms with Crippen LogP contribution in [0, 0.1) is 0 Å². The molecule has 5 heterocycles. The third-order valence-electron chi connectivity index (χ3n) is 8.74. The summed E-state index contributed by atoms with van der Waals surface area (Å²) in [6.45, 7) is 4.44. The highest BCUT2D eigenvalue weighted by Crippen LogP contribution is 2.29. The molecule has 2 aliphatic rings. The Hall–Kier alpha value is -3.94. The Kier molecular flexibility index (Phi) is 7.30. The van der Waals surface area contributed by atoms with E-state index in [-0.39, 0.29) is 6.10 Å². The fourth-order valence-electron chi connectivity index (χ4n) is 6.30. The Bertz CT molecular complexity index is 1680. The maximum absolute atomic E-state index is 11.4. The number of aldehydes is 1. The van der Waals surface area contributed by atoms with Crippen molar-refractivity contribution in [2.75, 3.05) is 19.7 Å². The molecule has 0 bridgehead atoms. The van der Waals surface area contributed by atoms with Crippen molar-refractivity contribution in [2.24, 2.45) is 0 Å². The third-order valence-corrected chi connectivity index (χ3v) is 8.74. The molecule has 0 saturated carbocycles. The van der Waals surface area contributed by atoms with Crippen molar-refractivity contribution < 1.29 is 9.53 Å². The van der Waals surface area contributed by atoms with Gasteiger partial charge in [-0.15, -0.1) is 0 Å². The number of hydrogen-bond acceptors (Lipinski definition) is 6. The van der Waals surface area contributed by atoms with Crippen LogP contribution in [0.3, 0.4) is 0 Å². The lowest BCUT2D eigenvalue weighted by Gasteiger charge is -2.32. The monoisotopic (exact) mass is 545 g/mol. The molecule has 7 nitrogen and oxygen atoms in total. The summed E-state index contributed by atoms with van der Waals surface area (Å²) < 4.78 is 8.02. The van der Waals surface area contributed by atoms with E-state index in [1.54, 1.807) is 0 Å². The van der Waals surface area contributed by atoms with Crippen molar-refractivity contribution in [1.82, 2.24) is 24.4 Å². The number of rotatable bonds is 9. The number of carbonyl (C=O) groups excluding carboxylic acids is 1. The van der Waals surface area contributed by atoms with Gasteiger partial charge in [-0.3, -0.25) is 19.7 Å². The fraction of sp³-hybridized carbons (Fsp3) is 0.353. The predicted molar refractivity (Wildman–Crippen MR) is 160 cm³/mol. The molecular weight excluding hydrogens is 510 g/mol. The van der Waals surface area contributed by atoms with E-state index in [1.165, 1.54) is 16.5 Å². The van der Waals surface area contributed by atoms with Crippen molar-refractivity contribution in [3.63, 3.8) is 0 Å². The summed E-state index contributed by atoms with van der Waals surface area (Å²) in [4.78, 5) is 28.7. The molecule has 2 saturated heterocycles. The smallest absolute Gasteiger partial charge is 0.150 e. The van der Waals surface area contributed by atoms with Gasteiger partial charge in [-0.25, -0.2) is 4.98 Å². The number of nitrogens with zero attached hydrogens (tertiary/aromatic N) is 5. The van der Waals surface area contributed by atoms with Crippen molar-refractivity contribution in [3.8, 4) is 0 Å². The highest BCUT2D eigenvalue weighted by molar-refractivity contribution is 5.85. The van der Waals surface area contributed by atoms with Crippen LogP contribution >= 0.6 is 0 Å². The van der Waals surface area contributed by atoms with Crippen LogP contribution in [-0.4, -0.2) is 56.5 Å². The number of ether oxygens (including phenoxy) is 1. The number of aromatic nitrogens is 4. The van der Waals surface area contributed by atoms with Gasteiger partial charge in [-0.05, 0) is 87.0 Å². The van der Waals surface area contributed by atoms with Crippen LogP contribution in [0.4, 0.5) is 0 Å². The first-order chi connectivity index (χ1) is 20.2. The number of fused-ring (bicyclic) bond motifs is 2. The molecule has 1 atom stereocenters. The Morgan fingerprint density at radius 1 is 0.927 bits per heavy atom. The summed E-state index contributed by atoms with van der Waals surface area (Å²) in [6, 6.07) is 22.8. The van der Waals surface area contributed by atoms with Gasteiger partial charge < -0.3 is 9.30 Å². The van der Waals surface area contributed by atoms with Gasteiger partial charge in [0.05, 0.1) is 30.2 Å². The number of pyridine rings is 2. The Balaban J connectivity index is 1.01. The van der Waals surface area contributed by atoms with E-state index in [2.05, 4.69) is 63.0 Å². The number of piperidine rings is 1. The molecule has 2 fully saturated rings. The minimum Gasteiger partial charge on any atom is -0.376 e. The van der Waals surface area contributed by atoms with E-state index in [9.17, 15) is 4.79 Å². The van der Waals surface area contributed by atoms with E-state index < -0.39 is 0 Å². The summed E-state index contributed by atoms with van der Waals surface area (Å²) in [7, 11) is 0. The molecule has 7 heteroatoms. The van der Waals surface area contributed by atoms with Crippen LogP contribution in [0.25, 0.3) is 21.8 Å². The fourth-order valence-corrected chi connectivity index (χ4v) is 6.30. The van der Waals surface area contributed by atoms with Crippen molar-refractivity contribution >= 4 is 28.1 Å². The lowest BCUT2D eigenvalue weighted by Crippen LogP contribution is -2.35.